The number of fused-ring (bicyclic) bond motifs is 2. The zero-order valence-electron chi connectivity index (χ0n) is 24.9. The van der Waals surface area contributed by atoms with E-state index in [4.69, 9.17) is 23.7 Å². The van der Waals surface area contributed by atoms with Crippen LogP contribution in [0, 0.1) is 0 Å². The number of benzene rings is 1. The van der Waals surface area contributed by atoms with Gasteiger partial charge in [0.25, 0.3) is 0 Å². The molecule has 1 aromatic carbocycles. The summed E-state index contributed by atoms with van der Waals surface area (Å²) in [7, 11) is 0. The Bertz CT molecular complexity index is 975. The van der Waals surface area contributed by atoms with Crippen LogP contribution in [0.3, 0.4) is 0 Å². The van der Waals surface area contributed by atoms with Gasteiger partial charge >= 0.3 is 5.97 Å². The lowest BCUT2D eigenvalue weighted by molar-refractivity contribution is -0.164. The third kappa shape index (κ3) is 7.91. The van der Waals surface area contributed by atoms with Crippen LogP contribution in [0.25, 0.3) is 6.08 Å². The molecule has 0 spiro atoms. The molecule has 0 aliphatic heterocycles. The average Bonchev–Trinajstić information content (AvgIpc) is 3.54. The third-order valence-corrected chi connectivity index (χ3v) is 9.65. The number of alkyl halides is 1. The van der Waals surface area contributed by atoms with Crippen molar-refractivity contribution < 1.29 is 32.9 Å². The van der Waals surface area contributed by atoms with Crippen LogP contribution in [-0.4, -0.2) is 48.8 Å². The van der Waals surface area contributed by atoms with Gasteiger partial charge in [0.1, 0.15) is 18.0 Å². The minimum absolute atomic E-state index is 0.299. The second kappa shape index (κ2) is 14.0. The van der Waals surface area contributed by atoms with E-state index in [-0.39, 0.29) is 5.60 Å². The van der Waals surface area contributed by atoms with E-state index in [9.17, 15) is 9.18 Å². The first-order valence-corrected chi connectivity index (χ1v) is 16.0. The summed E-state index contributed by atoms with van der Waals surface area (Å²) < 4.78 is 44.7. The van der Waals surface area contributed by atoms with Gasteiger partial charge in [-0.05, 0) is 76.0 Å². The fraction of sp³-hybridized carbons (Fsp3) is 0.735. The molecule has 4 aliphatic rings. The highest BCUT2D eigenvalue weighted by Gasteiger charge is 2.57. The van der Waals surface area contributed by atoms with Crippen LogP contribution >= 0.6 is 0 Å². The monoisotopic (exact) mass is 572 g/mol. The third-order valence-electron chi connectivity index (χ3n) is 9.65. The standard InChI is InChI=1S/C34H49FO6/c1-3-26-20-27(22-38-29-10-6-4-7-11-29)31(28(21-26)23-39-30-12-8-5-9-13-30)37-18-19-40-33-14-16-34(24-33,17-15-33)41-32(36)25(2)35/h3,20-21,25,29-30H,1,4-19,22-24H2,2H3. The number of hydrogen-bond donors (Lipinski definition) is 0. The number of hydrogen-bond acceptors (Lipinski definition) is 6. The molecule has 0 amide bonds. The minimum atomic E-state index is -1.60. The number of ether oxygens (including phenoxy) is 5. The summed E-state index contributed by atoms with van der Waals surface area (Å²) >= 11 is 0. The number of rotatable bonds is 14. The molecule has 4 fully saturated rings. The lowest BCUT2D eigenvalue weighted by atomic mass is 9.95. The molecule has 2 bridgehead atoms. The van der Waals surface area contributed by atoms with E-state index in [1.54, 1.807) is 0 Å². The van der Waals surface area contributed by atoms with Gasteiger partial charge in [0, 0.05) is 17.5 Å². The van der Waals surface area contributed by atoms with Crippen molar-refractivity contribution in [1.82, 2.24) is 0 Å². The summed E-state index contributed by atoms with van der Waals surface area (Å²) in [6.45, 7) is 7.09. The van der Waals surface area contributed by atoms with Crippen LogP contribution in [-0.2, 0) is 37.0 Å². The highest BCUT2D eigenvalue weighted by Crippen LogP contribution is 2.54. The van der Waals surface area contributed by atoms with E-state index in [0.717, 1.165) is 73.8 Å². The Morgan fingerprint density at radius 2 is 1.44 bits per heavy atom. The van der Waals surface area contributed by atoms with E-state index < -0.39 is 17.7 Å². The van der Waals surface area contributed by atoms with Crippen molar-refractivity contribution in [1.29, 1.82) is 0 Å². The Morgan fingerprint density at radius 1 is 0.902 bits per heavy atom. The van der Waals surface area contributed by atoms with E-state index in [0.29, 0.717) is 45.1 Å². The van der Waals surface area contributed by atoms with Crippen molar-refractivity contribution in [3.63, 3.8) is 0 Å². The molecule has 1 atom stereocenters. The van der Waals surface area contributed by atoms with Gasteiger partial charge in [-0.1, -0.05) is 51.2 Å². The Hall–Kier alpha value is -1.96. The zero-order valence-corrected chi connectivity index (χ0v) is 24.9. The molecule has 4 aliphatic carbocycles. The van der Waals surface area contributed by atoms with Crippen molar-refractivity contribution >= 4 is 12.0 Å². The second-order valence-corrected chi connectivity index (χ2v) is 12.8. The smallest absolute Gasteiger partial charge is 0.340 e. The second-order valence-electron chi connectivity index (χ2n) is 12.8. The summed E-state index contributed by atoms with van der Waals surface area (Å²) in [4.78, 5) is 11.9. The molecule has 0 aromatic heterocycles. The summed E-state index contributed by atoms with van der Waals surface area (Å²) in [5.74, 6) is 0.0707. The number of carbonyl (C=O) groups is 1. The Morgan fingerprint density at radius 3 is 1.95 bits per heavy atom. The maximum absolute atomic E-state index is 13.5. The minimum Gasteiger partial charge on any atom is -0.490 e. The first-order valence-electron chi connectivity index (χ1n) is 16.0. The Balaban J connectivity index is 1.23. The van der Waals surface area contributed by atoms with Gasteiger partial charge in [-0.15, -0.1) is 0 Å². The van der Waals surface area contributed by atoms with E-state index >= 15 is 0 Å². The predicted octanol–water partition coefficient (Wildman–Crippen LogP) is 7.78. The molecule has 1 aromatic rings. The van der Waals surface area contributed by atoms with Gasteiger partial charge < -0.3 is 23.7 Å². The molecular formula is C34H49FO6. The van der Waals surface area contributed by atoms with Gasteiger partial charge in [0.15, 0.2) is 6.17 Å². The van der Waals surface area contributed by atoms with E-state index in [2.05, 4.69) is 18.7 Å². The molecule has 0 heterocycles. The van der Waals surface area contributed by atoms with Crippen molar-refractivity contribution in [3.05, 3.63) is 35.4 Å². The first-order chi connectivity index (χ1) is 19.9. The molecular weight excluding hydrogens is 523 g/mol. The van der Waals surface area contributed by atoms with Crippen molar-refractivity contribution in [2.24, 2.45) is 0 Å². The van der Waals surface area contributed by atoms with Gasteiger partial charge in [-0.25, -0.2) is 9.18 Å². The molecule has 0 saturated heterocycles. The summed E-state index contributed by atoms with van der Waals surface area (Å²) in [6, 6.07) is 4.24. The SMILES string of the molecule is C=Cc1cc(COC2CCCCC2)c(OCCOC23CCC(OC(=O)C(C)F)(CC2)C3)c(COC2CCCCC2)c1. The average molecular weight is 573 g/mol. The quantitative estimate of drug-likeness (QED) is 0.168. The summed E-state index contributed by atoms with van der Waals surface area (Å²) in [5, 5.41) is 0. The molecule has 1 unspecified atom stereocenters. The van der Waals surface area contributed by atoms with Crippen LogP contribution in [0.1, 0.15) is 120 Å². The molecule has 228 valence electrons. The molecule has 0 N–H and O–H groups in total. The molecule has 4 saturated carbocycles. The highest BCUT2D eigenvalue weighted by molar-refractivity contribution is 5.74. The van der Waals surface area contributed by atoms with Crippen molar-refractivity contribution in [2.75, 3.05) is 13.2 Å². The fourth-order valence-corrected chi connectivity index (χ4v) is 7.31. The topological polar surface area (TPSA) is 63.2 Å². The predicted molar refractivity (Wildman–Crippen MR) is 157 cm³/mol. The Kier molecular flexibility index (Phi) is 10.4. The molecule has 7 heteroatoms. The van der Waals surface area contributed by atoms with Crippen LogP contribution in [0.4, 0.5) is 4.39 Å². The first kappa shape index (κ1) is 30.5. The van der Waals surface area contributed by atoms with Crippen LogP contribution < -0.4 is 4.74 Å². The highest BCUT2D eigenvalue weighted by atomic mass is 19.1. The number of halogens is 1. The lowest BCUT2D eigenvalue weighted by Crippen LogP contribution is -2.33. The van der Waals surface area contributed by atoms with E-state index in [1.807, 2.05) is 6.08 Å². The zero-order chi connectivity index (χ0) is 28.7. The normalized spacial score (nSPS) is 27.6. The lowest BCUT2D eigenvalue weighted by Gasteiger charge is -2.28. The molecule has 0 radical (unpaired) electrons. The van der Waals surface area contributed by atoms with Gasteiger partial charge in [0.05, 0.1) is 37.6 Å². The maximum Gasteiger partial charge on any atom is 0.340 e. The van der Waals surface area contributed by atoms with Gasteiger partial charge in [0.2, 0.25) is 0 Å². The maximum atomic E-state index is 13.5. The van der Waals surface area contributed by atoms with Crippen molar-refractivity contribution in [2.45, 2.75) is 146 Å². The molecule has 6 nitrogen and oxygen atoms in total. The van der Waals surface area contributed by atoms with Crippen LogP contribution in [0.2, 0.25) is 0 Å². The Labute approximate surface area is 245 Å². The van der Waals surface area contributed by atoms with Crippen molar-refractivity contribution in [3.8, 4) is 5.75 Å². The largest absolute Gasteiger partial charge is 0.490 e. The molecule has 5 rings (SSSR count). The van der Waals surface area contributed by atoms with E-state index in [1.165, 1.54) is 45.4 Å². The summed E-state index contributed by atoms with van der Waals surface area (Å²) in [6.07, 6.45) is 16.6. The number of carbonyl (C=O) groups excluding carboxylic acids is 1. The summed E-state index contributed by atoms with van der Waals surface area (Å²) in [5.41, 5.74) is 2.20. The van der Waals surface area contributed by atoms with Gasteiger partial charge in [-0.2, -0.15) is 0 Å². The van der Waals surface area contributed by atoms with Crippen LogP contribution in [0.15, 0.2) is 18.7 Å². The molecule has 41 heavy (non-hydrogen) atoms. The fourth-order valence-electron chi connectivity index (χ4n) is 7.31. The van der Waals surface area contributed by atoms with Gasteiger partial charge in [-0.3, -0.25) is 0 Å². The number of esters is 1. The van der Waals surface area contributed by atoms with Crippen LogP contribution in [0.5, 0.6) is 5.75 Å².